The first-order valence-electron chi connectivity index (χ1n) is 3.28. The summed E-state index contributed by atoms with van der Waals surface area (Å²) in [5.74, 6) is 0. The van der Waals surface area contributed by atoms with Crippen LogP contribution in [0.4, 0.5) is 0 Å². The van der Waals surface area contributed by atoms with Crippen LogP contribution in [0.15, 0.2) is 12.7 Å². The highest BCUT2D eigenvalue weighted by Crippen LogP contribution is 2.01. The molecular weight excluding hydrogens is 132 g/mol. The number of rotatable bonds is 5. The van der Waals surface area contributed by atoms with Gasteiger partial charge in [-0.05, 0) is 6.42 Å². The third kappa shape index (κ3) is 4.49. The molecule has 0 fully saturated rings. The third-order valence-corrected chi connectivity index (χ3v) is 1.19. The van der Waals surface area contributed by atoms with Crippen LogP contribution in [-0.4, -0.2) is 34.1 Å². The number of hydrogen-bond acceptors (Lipinski definition) is 3. The van der Waals surface area contributed by atoms with Crippen LogP contribution in [-0.2, 0) is 0 Å². The lowest BCUT2D eigenvalue weighted by atomic mass is 10.1. The van der Waals surface area contributed by atoms with E-state index in [4.69, 9.17) is 15.3 Å². The van der Waals surface area contributed by atoms with E-state index in [1.807, 2.05) is 0 Å². The molecule has 0 aromatic carbocycles. The monoisotopic (exact) mass is 146 g/mol. The Bertz CT molecular complexity index is 92.9. The zero-order chi connectivity index (χ0) is 7.98. The topological polar surface area (TPSA) is 60.7 Å². The summed E-state index contributed by atoms with van der Waals surface area (Å²) in [6, 6.07) is 0. The molecule has 0 saturated heterocycles. The van der Waals surface area contributed by atoms with Crippen LogP contribution in [0.3, 0.4) is 0 Å². The molecule has 3 N–H and O–H groups in total. The molecule has 0 heterocycles. The van der Waals surface area contributed by atoms with Gasteiger partial charge in [-0.2, -0.15) is 0 Å². The second-order valence-electron chi connectivity index (χ2n) is 2.25. The summed E-state index contributed by atoms with van der Waals surface area (Å²) in [7, 11) is 0. The van der Waals surface area contributed by atoms with Crippen molar-refractivity contribution in [3.63, 3.8) is 0 Å². The van der Waals surface area contributed by atoms with Crippen molar-refractivity contribution in [2.75, 3.05) is 6.61 Å². The predicted molar refractivity (Wildman–Crippen MR) is 38.5 cm³/mol. The Kier molecular flexibility index (Phi) is 5.20. The average Bonchev–Trinajstić information content (AvgIpc) is 1.88. The highest BCUT2D eigenvalue weighted by Gasteiger charge is 2.08. The van der Waals surface area contributed by atoms with Gasteiger partial charge in [-0.1, -0.05) is 6.08 Å². The van der Waals surface area contributed by atoms with Crippen molar-refractivity contribution in [1.82, 2.24) is 0 Å². The van der Waals surface area contributed by atoms with Gasteiger partial charge in [-0.3, -0.25) is 0 Å². The minimum Gasteiger partial charge on any atom is -0.394 e. The van der Waals surface area contributed by atoms with E-state index in [-0.39, 0.29) is 13.0 Å². The van der Waals surface area contributed by atoms with Gasteiger partial charge in [0.1, 0.15) is 0 Å². The zero-order valence-electron chi connectivity index (χ0n) is 5.90. The fraction of sp³-hybridized carbons (Fsp3) is 0.714. The molecule has 0 aromatic rings. The van der Waals surface area contributed by atoms with Crippen molar-refractivity contribution in [3.05, 3.63) is 12.7 Å². The second-order valence-corrected chi connectivity index (χ2v) is 2.25. The summed E-state index contributed by atoms with van der Waals surface area (Å²) < 4.78 is 0. The molecule has 60 valence electrons. The molecule has 10 heavy (non-hydrogen) atoms. The van der Waals surface area contributed by atoms with Crippen LogP contribution in [0.2, 0.25) is 0 Å². The Morgan fingerprint density at radius 2 is 1.90 bits per heavy atom. The molecule has 0 aliphatic heterocycles. The van der Waals surface area contributed by atoms with Crippen molar-refractivity contribution in [2.45, 2.75) is 25.0 Å². The van der Waals surface area contributed by atoms with Crippen molar-refractivity contribution < 1.29 is 15.3 Å². The number of hydrogen-bond donors (Lipinski definition) is 3. The van der Waals surface area contributed by atoms with E-state index in [0.717, 1.165) is 0 Å². The molecule has 0 rings (SSSR count). The molecule has 0 aliphatic carbocycles. The van der Waals surface area contributed by atoms with Crippen LogP contribution < -0.4 is 0 Å². The third-order valence-electron chi connectivity index (χ3n) is 1.19. The fourth-order valence-electron chi connectivity index (χ4n) is 0.677. The normalized spacial score (nSPS) is 16.3. The van der Waals surface area contributed by atoms with Gasteiger partial charge in [0.15, 0.2) is 0 Å². The molecule has 0 radical (unpaired) electrons. The SMILES string of the molecule is C=CC[C@@H](O)C[C@H](O)CO. The maximum absolute atomic E-state index is 9.01. The van der Waals surface area contributed by atoms with Gasteiger partial charge in [0.25, 0.3) is 0 Å². The second kappa shape index (κ2) is 5.41. The quantitative estimate of drug-likeness (QED) is 0.465. The van der Waals surface area contributed by atoms with E-state index < -0.39 is 12.2 Å². The van der Waals surface area contributed by atoms with E-state index >= 15 is 0 Å². The molecule has 3 nitrogen and oxygen atoms in total. The summed E-state index contributed by atoms with van der Waals surface area (Å²) in [5.41, 5.74) is 0. The molecule has 3 heteroatoms. The molecule has 0 aliphatic rings. The number of aliphatic hydroxyl groups excluding tert-OH is 3. The highest BCUT2D eigenvalue weighted by atomic mass is 16.3. The van der Waals surface area contributed by atoms with Crippen LogP contribution >= 0.6 is 0 Å². The molecule has 2 atom stereocenters. The van der Waals surface area contributed by atoms with Gasteiger partial charge in [0.05, 0.1) is 18.8 Å². The van der Waals surface area contributed by atoms with E-state index in [1.165, 1.54) is 0 Å². The Labute approximate surface area is 60.6 Å². The summed E-state index contributed by atoms with van der Waals surface area (Å²) >= 11 is 0. The van der Waals surface area contributed by atoms with Crippen LogP contribution in [0.5, 0.6) is 0 Å². The average molecular weight is 146 g/mol. The number of aliphatic hydroxyl groups is 3. The predicted octanol–water partition coefficient (Wildman–Crippen LogP) is -0.333. The molecule has 0 spiro atoms. The van der Waals surface area contributed by atoms with E-state index in [9.17, 15) is 0 Å². The molecule has 0 bridgehead atoms. The minimum atomic E-state index is -0.810. The maximum atomic E-state index is 9.01. The smallest absolute Gasteiger partial charge is 0.0795 e. The van der Waals surface area contributed by atoms with Crippen molar-refractivity contribution in [3.8, 4) is 0 Å². The molecule has 0 aromatic heterocycles. The Morgan fingerprint density at radius 1 is 1.30 bits per heavy atom. The van der Waals surface area contributed by atoms with Crippen molar-refractivity contribution >= 4 is 0 Å². The van der Waals surface area contributed by atoms with Crippen molar-refractivity contribution in [2.24, 2.45) is 0 Å². The summed E-state index contributed by atoms with van der Waals surface area (Å²) in [5, 5.41) is 26.2. The van der Waals surface area contributed by atoms with Crippen LogP contribution in [0, 0.1) is 0 Å². The minimum absolute atomic E-state index is 0.211. The highest BCUT2D eigenvalue weighted by molar-refractivity contribution is 4.73. The first-order chi connectivity index (χ1) is 4.70. The summed E-state index contributed by atoms with van der Waals surface area (Å²) in [6.07, 6.45) is 0.850. The maximum Gasteiger partial charge on any atom is 0.0795 e. The first kappa shape index (κ1) is 9.62. The van der Waals surface area contributed by atoms with Gasteiger partial charge in [-0.25, -0.2) is 0 Å². The fourth-order valence-corrected chi connectivity index (χ4v) is 0.677. The van der Waals surface area contributed by atoms with Crippen LogP contribution in [0.25, 0.3) is 0 Å². The van der Waals surface area contributed by atoms with Gasteiger partial charge in [0, 0.05) is 6.42 Å². The molecule has 0 unspecified atom stereocenters. The Balaban J connectivity index is 3.35. The van der Waals surface area contributed by atoms with Gasteiger partial charge >= 0.3 is 0 Å². The first-order valence-corrected chi connectivity index (χ1v) is 3.28. The van der Waals surface area contributed by atoms with E-state index in [2.05, 4.69) is 6.58 Å². The van der Waals surface area contributed by atoms with Gasteiger partial charge in [-0.15, -0.1) is 6.58 Å². The lowest BCUT2D eigenvalue weighted by Gasteiger charge is -2.10. The summed E-state index contributed by atoms with van der Waals surface area (Å²) in [6.45, 7) is 3.13. The standard InChI is InChI=1S/C7H14O3/c1-2-3-6(9)4-7(10)5-8/h2,6-10H,1,3-5H2/t6-,7+/m1/s1. The lowest BCUT2D eigenvalue weighted by molar-refractivity contribution is 0.0428. The van der Waals surface area contributed by atoms with E-state index in [0.29, 0.717) is 6.42 Å². The molecule has 0 saturated carbocycles. The Hall–Kier alpha value is -0.380. The Morgan fingerprint density at radius 3 is 2.30 bits per heavy atom. The lowest BCUT2D eigenvalue weighted by Crippen LogP contribution is -2.20. The van der Waals surface area contributed by atoms with Gasteiger partial charge < -0.3 is 15.3 Å². The largest absolute Gasteiger partial charge is 0.394 e. The van der Waals surface area contributed by atoms with Crippen LogP contribution in [0.1, 0.15) is 12.8 Å². The molecule has 0 amide bonds. The summed E-state index contributed by atoms with van der Waals surface area (Å²) in [4.78, 5) is 0. The van der Waals surface area contributed by atoms with Gasteiger partial charge in [0.2, 0.25) is 0 Å². The molecular formula is C7H14O3. The van der Waals surface area contributed by atoms with E-state index in [1.54, 1.807) is 6.08 Å². The zero-order valence-corrected chi connectivity index (χ0v) is 5.90. The van der Waals surface area contributed by atoms with Crippen molar-refractivity contribution in [1.29, 1.82) is 0 Å².